The fraction of sp³-hybridized carbons (Fsp3) is 1.00. The van der Waals surface area contributed by atoms with Gasteiger partial charge in [-0.1, -0.05) is 20.8 Å². The first-order chi connectivity index (χ1) is 5.79. The topological polar surface area (TPSA) is 15.3 Å². The average molecular weight is 186 g/mol. The van der Waals surface area contributed by atoms with Gasteiger partial charge in [-0.15, -0.1) is 0 Å². The molecule has 2 nitrogen and oxygen atoms in total. The number of hydrogen-bond donors (Lipinski definition) is 1. The molecule has 0 aromatic carbocycles. The molecule has 0 amide bonds. The van der Waals surface area contributed by atoms with Gasteiger partial charge >= 0.3 is 0 Å². The molecule has 0 rings (SSSR count). The van der Waals surface area contributed by atoms with Gasteiger partial charge in [0.05, 0.1) is 0 Å². The highest BCUT2D eigenvalue weighted by atomic mass is 15.1. The zero-order chi connectivity index (χ0) is 10.6. The van der Waals surface area contributed by atoms with Crippen LogP contribution in [0.4, 0.5) is 0 Å². The molecule has 0 aromatic rings. The Morgan fingerprint density at radius 1 is 1.23 bits per heavy atom. The van der Waals surface area contributed by atoms with Crippen LogP contribution in [0.15, 0.2) is 0 Å². The monoisotopic (exact) mass is 186 g/mol. The summed E-state index contributed by atoms with van der Waals surface area (Å²) in [5, 5.41) is 3.30. The second-order valence-electron chi connectivity index (χ2n) is 5.27. The van der Waals surface area contributed by atoms with Gasteiger partial charge in [-0.3, -0.25) is 0 Å². The Balaban J connectivity index is 4.28. The fourth-order valence-electron chi connectivity index (χ4n) is 1.79. The van der Waals surface area contributed by atoms with Crippen LogP contribution < -0.4 is 5.32 Å². The molecule has 2 heteroatoms. The van der Waals surface area contributed by atoms with Crippen LogP contribution in [0.5, 0.6) is 0 Å². The molecule has 0 fully saturated rings. The minimum absolute atomic E-state index is 0.356. The number of nitrogens with zero attached hydrogens (tertiary/aromatic N) is 1. The normalized spacial score (nSPS) is 17.5. The van der Waals surface area contributed by atoms with E-state index in [-0.39, 0.29) is 0 Å². The van der Waals surface area contributed by atoms with Gasteiger partial charge in [0.15, 0.2) is 0 Å². The van der Waals surface area contributed by atoms with Crippen molar-refractivity contribution in [3.05, 3.63) is 0 Å². The molecule has 0 aliphatic rings. The molecule has 13 heavy (non-hydrogen) atoms. The molecule has 0 bridgehead atoms. The third-order valence-electron chi connectivity index (χ3n) is 2.69. The van der Waals surface area contributed by atoms with Crippen molar-refractivity contribution in [1.82, 2.24) is 10.2 Å². The maximum absolute atomic E-state index is 3.30. The van der Waals surface area contributed by atoms with Gasteiger partial charge in [-0.2, -0.15) is 0 Å². The maximum Gasteiger partial charge on any atom is 0.0152 e. The van der Waals surface area contributed by atoms with Crippen LogP contribution >= 0.6 is 0 Å². The van der Waals surface area contributed by atoms with Crippen LogP contribution in [-0.4, -0.2) is 38.1 Å². The first-order valence-electron chi connectivity index (χ1n) is 5.12. The van der Waals surface area contributed by atoms with Gasteiger partial charge in [0, 0.05) is 12.1 Å². The van der Waals surface area contributed by atoms with Crippen molar-refractivity contribution < 1.29 is 0 Å². The Hall–Kier alpha value is -0.0800. The van der Waals surface area contributed by atoms with E-state index in [1.54, 1.807) is 0 Å². The van der Waals surface area contributed by atoms with Crippen molar-refractivity contribution in [2.75, 3.05) is 21.1 Å². The molecular formula is C11H26N2. The molecule has 0 heterocycles. The zero-order valence-corrected chi connectivity index (χ0v) is 10.3. The van der Waals surface area contributed by atoms with E-state index in [2.05, 4.69) is 52.0 Å². The number of nitrogens with one attached hydrogen (secondary N) is 1. The predicted molar refractivity (Wildman–Crippen MR) is 60.1 cm³/mol. The molecule has 0 aromatic heterocycles. The Kier molecular flexibility index (Phi) is 4.93. The summed E-state index contributed by atoms with van der Waals surface area (Å²) in [5.41, 5.74) is 0.356. The minimum atomic E-state index is 0.356. The molecule has 2 atom stereocenters. The molecule has 0 saturated heterocycles. The zero-order valence-electron chi connectivity index (χ0n) is 10.3. The van der Waals surface area contributed by atoms with Gasteiger partial charge in [-0.05, 0) is 39.9 Å². The predicted octanol–water partition coefficient (Wildman–Crippen LogP) is 1.96. The summed E-state index contributed by atoms with van der Waals surface area (Å²) >= 11 is 0. The van der Waals surface area contributed by atoms with E-state index in [1.807, 2.05) is 7.05 Å². The van der Waals surface area contributed by atoms with Gasteiger partial charge in [-0.25, -0.2) is 0 Å². The molecule has 2 unspecified atom stereocenters. The van der Waals surface area contributed by atoms with E-state index in [4.69, 9.17) is 0 Å². The molecular weight excluding hydrogens is 160 g/mol. The first-order valence-corrected chi connectivity index (χ1v) is 5.12. The van der Waals surface area contributed by atoms with Crippen molar-refractivity contribution in [2.45, 2.75) is 46.2 Å². The van der Waals surface area contributed by atoms with Crippen molar-refractivity contribution in [3.8, 4) is 0 Å². The van der Waals surface area contributed by atoms with Crippen LogP contribution in [-0.2, 0) is 0 Å². The Morgan fingerprint density at radius 2 is 1.69 bits per heavy atom. The highest BCUT2D eigenvalue weighted by molar-refractivity contribution is 4.83. The van der Waals surface area contributed by atoms with Crippen molar-refractivity contribution >= 4 is 0 Å². The van der Waals surface area contributed by atoms with E-state index in [9.17, 15) is 0 Å². The van der Waals surface area contributed by atoms with Crippen molar-refractivity contribution in [2.24, 2.45) is 5.41 Å². The Bertz CT molecular complexity index is 136. The molecule has 0 aliphatic carbocycles. The van der Waals surface area contributed by atoms with E-state index in [0.29, 0.717) is 17.5 Å². The largest absolute Gasteiger partial charge is 0.317 e. The smallest absolute Gasteiger partial charge is 0.0152 e. The van der Waals surface area contributed by atoms with Crippen LogP contribution in [0.3, 0.4) is 0 Å². The summed E-state index contributed by atoms with van der Waals surface area (Å²) in [4.78, 5) is 2.33. The summed E-state index contributed by atoms with van der Waals surface area (Å²) in [6, 6.07) is 1.22. The first kappa shape index (κ1) is 12.9. The lowest BCUT2D eigenvalue weighted by molar-refractivity contribution is 0.133. The highest BCUT2D eigenvalue weighted by Gasteiger charge is 2.27. The van der Waals surface area contributed by atoms with E-state index < -0.39 is 0 Å². The van der Waals surface area contributed by atoms with Gasteiger partial charge < -0.3 is 10.2 Å². The molecule has 1 N–H and O–H groups in total. The fourth-order valence-corrected chi connectivity index (χ4v) is 1.79. The summed E-state index contributed by atoms with van der Waals surface area (Å²) in [6.07, 6.45) is 1.20. The number of rotatable bonds is 4. The second kappa shape index (κ2) is 4.97. The molecule has 80 valence electrons. The highest BCUT2D eigenvalue weighted by Crippen LogP contribution is 2.26. The lowest BCUT2D eigenvalue weighted by atomic mass is 9.82. The number of hydrogen-bond acceptors (Lipinski definition) is 2. The average Bonchev–Trinajstić information content (AvgIpc) is 1.96. The standard InChI is InChI=1S/C11H26N2/c1-9(12-5)8-10(13(6)7)11(2,3)4/h9-10,12H,8H2,1-7H3. The summed E-state index contributed by atoms with van der Waals surface area (Å²) < 4.78 is 0. The van der Waals surface area contributed by atoms with Crippen molar-refractivity contribution in [1.29, 1.82) is 0 Å². The summed E-state index contributed by atoms with van der Waals surface area (Å²) in [7, 11) is 6.36. The summed E-state index contributed by atoms with van der Waals surface area (Å²) in [6.45, 7) is 9.16. The van der Waals surface area contributed by atoms with Crippen LogP contribution in [0.25, 0.3) is 0 Å². The maximum atomic E-state index is 3.30. The van der Waals surface area contributed by atoms with Crippen LogP contribution in [0.1, 0.15) is 34.1 Å². The second-order valence-corrected chi connectivity index (χ2v) is 5.27. The van der Waals surface area contributed by atoms with E-state index in [1.165, 1.54) is 6.42 Å². The van der Waals surface area contributed by atoms with Gasteiger partial charge in [0.2, 0.25) is 0 Å². The third kappa shape index (κ3) is 4.63. The van der Waals surface area contributed by atoms with E-state index >= 15 is 0 Å². The van der Waals surface area contributed by atoms with Crippen LogP contribution in [0.2, 0.25) is 0 Å². The third-order valence-corrected chi connectivity index (χ3v) is 2.69. The lowest BCUT2D eigenvalue weighted by Crippen LogP contribution is -2.43. The molecule has 0 saturated carbocycles. The molecule has 0 radical (unpaired) electrons. The lowest BCUT2D eigenvalue weighted by Gasteiger charge is -2.37. The van der Waals surface area contributed by atoms with Gasteiger partial charge in [0.25, 0.3) is 0 Å². The van der Waals surface area contributed by atoms with Crippen molar-refractivity contribution in [3.63, 3.8) is 0 Å². The minimum Gasteiger partial charge on any atom is -0.317 e. The molecule has 0 aliphatic heterocycles. The van der Waals surface area contributed by atoms with E-state index in [0.717, 1.165) is 0 Å². The Labute approximate surface area is 83.7 Å². The van der Waals surface area contributed by atoms with Gasteiger partial charge in [0.1, 0.15) is 0 Å². The quantitative estimate of drug-likeness (QED) is 0.722. The Morgan fingerprint density at radius 3 is 1.92 bits per heavy atom. The summed E-state index contributed by atoms with van der Waals surface area (Å²) in [5.74, 6) is 0. The molecule has 0 spiro atoms. The SMILES string of the molecule is CNC(C)CC(N(C)C)C(C)(C)C. The van der Waals surface area contributed by atoms with Crippen LogP contribution in [0, 0.1) is 5.41 Å².